The molecule has 0 aromatic heterocycles. The monoisotopic (exact) mass is 331 g/mol. The van der Waals surface area contributed by atoms with Crippen LogP contribution in [0.2, 0.25) is 0 Å². The second-order valence-corrected chi connectivity index (χ2v) is 6.17. The summed E-state index contributed by atoms with van der Waals surface area (Å²) < 4.78 is 0. The number of rotatable bonds is 2. The smallest absolute Gasteiger partial charge is 0.316 e. The average Bonchev–Trinajstić information content (AvgIpc) is 2.60. The molecule has 0 radical (unpaired) electrons. The van der Waals surface area contributed by atoms with Crippen molar-refractivity contribution in [3.05, 3.63) is 71.8 Å². The molecule has 3 amide bonds. The van der Waals surface area contributed by atoms with Gasteiger partial charge < -0.3 is 16.4 Å². The topological polar surface area (TPSA) is 84.2 Å². The third kappa shape index (κ3) is 2.80. The molecule has 1 aliphatic rings. The molecule has 1 aliphatic heterocycles. The molecule has 25 heavy (non-hydrogen) atoms. The molecule has 1 atom stereocenters. The van der Waals surface area contributed by atoms with Crippen LogP contribution in [-0.4, -0.2) is 11.9 Å². The number of benzene rings is 3. The summed E-state index contributed by atoms with van der Waals surface area (Å²) in [5, 5.41) is 7.73. The lowest BCUT2D eigenvalue weighted by atomic mass is 9.83. The van der Waals surface area contributed by atoms with E-state index in [4.69, 9.17) is 5.73 Å². The van der Waals surface area contributed by atoms with Gasteiger partial charge in [-0.1, -0.05) is 48.5 Å². The van der Waals surface area contributed by atoms with Gasteiger partial charge in [-0.05, 0) is 28.6 Å². The largest absolute Gasteiger partial charge is 0.351 e. The van der Waals surface area contributed by atoms with Gasteiger partial charge in [0.1, 0.15) is 0 Å². The fourth-order valence-electron chi connectivity index (χ4n) is 3.48. The summed E-state index contributed by atoms with van der Waals surface area (Å²) in [4.78, 5) is 23.4. The van der Waals surface area contributed by atoms with Crippen molar-refractivity contribution >= 4 is 34.1 Å². The van der Waals surface area contributed by atoms with Crippen molar-refractivity contribution < 1.29 is 9.59 Å². The third-order valence-corrected chi connectivity index (χ3v) is 4.55. The number of anilines is 2. The molecule has 1 unspecified atom stereocenters. The normalized spacial score (nSPS) is 16.2. The fourth-order valence-corrected chi connectivity index (χ4v) is 3.48. The van der Waals surface area contributed by atoms with E-state index in [1.807, 2.05) is 42.5 Å². The minimum atomic E-state index is -0.607. The molecule has 0 bridgehead atoms. The third-order valence-electron chi connectivity index (χ3n) is 4.55. The molecular weight excluding hydrogens is 314 g/mol. The van der Waals surface area contributed by atoms with Crippen LogP contribution in [-0.2, 0) is 4.79 Å². The lowest BCUT2D eigenvalue weighted by molar-refractivity contribution is -0.116. The lowest BCUT2D eigenvalue weighted by Gasteiger charge is -2.27. The Bertz CT molecular complexity index is 997. The highest BCUT2D eigenvalue weighted by atomic mass is 16.2. The van der Waals surface area contributed by atoms with Crippen LogP contribution in [0, 0.1) is 0 Å². The molecule has 1 heterocycles. The molecule has 0 saturated carbocycles. The number of carbonyl (C=O) groups is 2. The first-order valence-corrected chi connectivity index (χ1v) is 8.10. The minimum Gasteiger partial charge on any atom is -0.351 e. The molecule has 0 fully saturated rings. The summed E-state index contributed by atoms with van der Waals surface area (Å²) in [5.41, 5.74) is 8.74. The summed E-state index contributed by atoms with van der Waals surface area (Å²) in [6.45, 7) is 0. The Morgan fingerprint density at radius 2 is 1.92 bits per heavy atom. The van der Waals surface area contributed by atoms with E-state index < -0.39 is 6.03 Å². The van der Waals surface area contributed by atoms with Gasteiger partial charge in [-0.15, -0.1) is 0 Å². The van der Waals surface area contributed by atoms with Crippen LogP contribution >= 0.6 is 0 Å². The second-order valence-electron chi connectivity index (χ2n) is 6.17. The van der Waals surface area contributed by atoms with Gasteiger partial charge in [0.2, 0.25) is 5.91 Å². The van der Waals surface area contributed by atoms with E-state index in [1.54, 1.807) is 6.07 Å². The zero-order valence-corrected chi connectivity index (χ0v) is 13.5. The quantitative estimate of drug-likeness (QED) is 0.667. The highest BCUT2D eigenvalue weighted by molar-refractivity contribution is 6.06. The van der Waals surface area contributed by atoms with Gasteiger partial charge in [-0.3, -0.25) is 4.79 Å². The average molecular weight is 331 g/mol. The Kier molecular flexibility index (Phi) is 3.61. The zero-order valence-electron chi connectivity index (χ0n) is 13.5. The van der Waals surface area contributed by atoms with Crippen molar-refractivity contribution in [3.8, 4) is 0 Å². The summed E-state index contributed by atoms with van der Waals surface area (Å²) in [6.07, 6.45) is 0.366. The first-order valence-electron chi connectivity index (χ1n) is 8.10. The Morgan fingerprint density at radius 3 is 2.76 bits per heavy atom. The van der Waals surface area contributed by atoms with Gasteiger partial charge >= 0.3 is 6.03 Å². The van der Waals surface area contributed by atoms with Crippen molar-refractivity contribution in [1.82, 2.24) is 0 Å². The summed E-state index contributed by atoms with van der Waals surface area (Å²) in [5.74, 6) is -0.0786. The maximum atomic E-state index is 12.3. The second kappa shape index (κ2) is 5.94. The molecule has 124 valence electrons. The Labute approximate surface area is 144 Å². The number of hydrogen-bond donors (Lipinski definition) is 3. The van der Waals surface area contributed by atoms with Crippen molar-refractivity contribution in [3.63, 3.8) is 0 Å². The van der Waals surface area contributed by atoms with E-state index in [9.17, 15) is 9.59 Å². The highest BCUT2D eigenvalue weighted by Gasteiger charge is 2.27. The molecule has 5 heteroatoms. The number of fused-ring (bicyclic) bond motifs is 3. The number of nitrogens with two attached hydrogens (primary N) is 1. The van der Waals surface area contributed by atoms with Crippen LogP contribution in [0.4, 0.5) is 16.2 Å². The van der Waals surface area contributed by atoms with Gasteiger partial charge in [0.05, 0.1) is 5.69 Å². The highest BCUT2D eigenvalue weighted by Crippen LogP contribution is 2.41. The van der Waals surface area contributed by atoms with Gasteiger partial charge in [-0.2, -0.15) is 0 Å². The maximum absolute atomic E-state index is 12.3. The van der Waals surface area contributed by atoms with Gasteiger partial charge in [-0.25, -0.2) is 4.79 Å². The van der Waals surface area contributed by atoms with Gasteiger partial charge in [0, 0.05) is 23.4 Å². The van der Waals surface area contributed by atoms with Crippen LogP contribution < -0.4 is 16.4 Å². The van der Waals surface area contributed by atoms with Crippen molar-refractivity contribution in [2.75, 3.05) is 10.6 Å². The van der Waals surface area contributed by atoms with Crippen LogP contribution in [0.1, 0.15) is 23.5 Å². The van der Waals surface area contributed by atoms with E-state index in [0.29, 0.717) is 12.1 Å². The molecule has 0 saturated heterocycles. The zero-order chi connectivity index (χ0) is 17.4. The lowest BCUT2D eigenvalue weighted by Crippen LogP contribution is -2.24. The standard InChI is InChI=1S/C20H17N3O2/c21-20(25)22-14-6-3-5-13(10-14)17-11-18(24)23-19-15-7-2-1-4-12(15)8-9-16(17)19/h1-10,17H,11H2,(H,23,24)(H3,21,22,25). The van der Waals surface area contributed by atoms with E-state index in [1.165, 1.54) is 0 Å². The summed E-state index contributed by atoms with van der Waals surface area (Å²) >= 11 is 0. The Hall–Kier alpha value is -3.34. The number of hydrogen-bond acceptors (Lipinski definition) is 2. The fraction of sp³-hybridized carbons (Fsp3) is 0.100. The SMILES string of the molecule is NC(=O)Nc1cccc(C2CC(=O)Nc3c2ccc2ccccc32)c1. The van der Waals surface area contributed by atoms with Crippen molar-refractivity contribution in [1.29, 1.82) is 0 Å². The predicted molar refractivity (Wildman–Crippen MR) is 98.7 cm³/mol. The van der Waals surface area contributed by atoms with Crippen LogP contribution in [0.15, 0.2) is 60.7 Å². The number of carbonyl (C=O) groups excluding carboxylic acids is 2. The van der Waals surface area contributed by atoms with Crippen LogP contribution in [0.5, 0.6) is 0 Å². The molecule has 3 aromatic carbocycles. The van der Waals surface area contributed by atoms with Crippen molar-refractivity contribution in [2.45, 2.75) is 12.3 Å². The van der Waals surface area contributed by atoms with Crippen LogP contribution in [0.25, 0.3) is 10.8 Å². The number of amides is 3. The number of primary amides is 1. The minimum absolute atomic E-state index is 0.0119. The molecule has 5 nitrogen and oxygen atoms in total. The summed E-state index contributed by atoms with van der Waals surface area (Å²) in [7, 11) is 0. The number of urea groups is 1. The van der Waals surface area contributed by atoms with E-state index in [0.717, 1.165) is 27.6 Å². The van der Waals surface area contributed by atoms with Crippen LogP contribution in [0.3, 0.4) is 0 Å². The molecule has 0 aliphatic carbocycles. The van der Waals surface area contributed by atoms with E-state index >= 15 is 0 Å². The Balaban J connectivity index is 1.84. The first-order chi connectivity index (χ1) is 12.1. The Morgan fingerprint density at radius 1 is 1.08 bits per heavy atom. The molecule has 4 rings (SSSR count). The van der Waals surface area contributed by atoms with E-state index in [2.05, 4.69) is 22.8 Å². The predicted octanol–water partition coefficient (Wildman–Crippen LogP) is 3.80. The molecule has 3 aromatic rings. The molecule has 4 N–H and O–H groups in total. The maximum Gasteiger partial charge on any atom is 0.316 e. The first kappa shape index (κ1) is 15.2. The molecule has 0 spiro atoms. The molecular formula is C20H17N3O2. The van der Waals surface area contributed by atoms with Gasteiger partial charge in [0.15, 0.2) is 0 Å². The van der Waals surface area contributed by atoms with E-state index in [-0.39, 0.29) is 11.8 Å². The summed E-state index contributed by atoms with van der Waals surface area (Å²) in [6, 6.07) is 19.0. The number of nitrogens with one attached hydrogen (secondary N) is 2. The van der Waals surface area contributed by atoms with Gasteiger partial charge in [0.25, 0.3) is 0 Å². The van der Waals surface area contributed by atoms with Crippen molar-refractivity contribution in [2.24, 2.45) is 5.73 Å².